The van der Waals surface area contributed by atoms with Gasteiger partial charge < -0.3 is 11.1 Å². The van der Waals surface area contributed by atoms with E-state index in [1.165, 1.54) is 0 Å². The van der Waals surface area contributed by atoms with Gasteiger partial charge >= 0.3 is 0 Å². The Hall–Kier alpha value is -2.93. The van der Waals surface area contributed by atoms with E-state index in [9.17, 15) is 4.79 Å². The number of pyridine rings is 1. The molecule has 0 unspecified atom stereocenters. The maximum absolute atomic E-state index is 12.2. The van der Waals surface area contributed by atoms with Crippen LogP contribution in [0.5, 0.6) is 0 Å². The van der Waals surface area contributed by atoms with Crippen molar-refractivity contribution < 1.29 is 4.79 Å². The maximum atomic E-state index is 12.2. The second-order valence-corrected chi connectivity index (χ2v) is 7.23. The molecule has 1 amide bonds. The average molecular weight is 426 g/mol. The molecule has 2 heterocycles. The minimum absolute atomic E-state index is 0.170. The highest BCUT2D eigenvalue weighted by Gasteiger charge is 2.13. The van der Waals surface area contributed by atoms with Crippen molar-refractivity contribution >= 4 is 40.1 Å². The van der Waals surface area contributed by atoms with Gasteiger partial charge in [0.15, 0.2) is 5.65 Å². The van der Waals surface area contributed by atoms with E-state index in [4.69, 9.17) is 33.9 Å². The molecule has 0 saturated carbocycles. The van der Waals surface area contributed by atoms with Crippen molar-refractivity contribution in [1.82, 2.24) is 20.1 Å². The number of fused-ring (bicyclic) bond motifs is 1. The van der Waals surface area contributed by atoms with Gasteiger partial charge in [-0.05, 0) is 42.5 Å². The summed E-state index contributed by atoms with van der Waals surface area (Å²) in [4.78, 5) is 17.0. The Bertz CT molecular complexity index is 1200. The monoisotopic (exact) mass is 425 g/mol. The Labute approximate surface area is 177 Å². The molecule has 29 heavy (non-hydrogen) atoms. The van der Waals surface area contributed by atoms with E-state index in [0.717, 1.165) is 16.6 Å². The first kappa shape index (κ1) is 19.4. The fraction of sp³-hybridized carbons (Fsp3) is 0.0952. The standard InChI is InChI=1S/C21H17Cl2N5O/c22-16-5-7-19(17(23)11-16)28-20-15(12-26-28)4-6-18(27-20)13-2-1-3-14(10-13)21(29)25-9-8-24/h1-7,10-12H,8-9,24H2,(H,25,29). The van der Waals surface area contributed by atoms with Crippen LogP contribution in [0.1, 0.15) is 10.4 Å². The predicted molar refractivity (Wildman–Crippen MR) is 116 cm³/mol. The van der Waals surface area contributed by atoms with Gasteiger partial charge in [-0.2, -0.15) is 5.10 Å². The first-order chi connectivity index (χ1) is 14.1. The summed E-state index contributed by atoms with van der Waals surface area (Å²) in [6, 6.07) is 16.3. The Balaban J connectivity index is 1.76. The lowest BCUT2D eigenvalue weighted by atomic mass is 10.1. The van der Waals surface area contributed by atoms with Crippen LogP contribution in [0, 0.1) is 0 Å². The van der Waals surface area contributed by atoms with Gasteiger partial charge in [0.05, 0.1) is 22.6 Å². The molecule has 146 valence electrons. The number of aromatic nitrogens is 3. The van der Waals surface area contributed by atoms with Crippen molar-refractivity contribution in [3.05, 3.63) is 76.4 Å². The quantitative estimate of drug-likeness (QED) is 0.504. The molecule has 0 aliphatic carbocycles. The average Bonchev–Trinajstić information content (AvgIpc) is 3.15. The summed E-state index contributed by atoms with van der Waals surface area (Å²) < 4.78 is 1.68. The highest BCUT2D eigenvalue weighted by Crippen LogP contribution is 2.28. The SMILES string of the molecule is NCCNC(=O)c1cccc(-c2ccc3cnn(-c4ccc(Cl)cc4Cl)c3n2)c1. The Kier molecular flexibility index (Phi) is 5.49. The summed E-state index contributed by atoms with van der Waals surface area (Å²) in [5.74, 6) is -0.170. The molecular weight excluding hydrogens is 409 g/mol. The Morgan fingerprint density at radius 1 is 1.10 bits per heavy atom. The molecule has 0 aliphatic heterocycles. The van der Waals surface area contributed by atoms with Crippen LogP contribution in [0.3, 0.4) is 0 Å². The van der Waals surface area contributed by atoms with Gasteiger partial charge in [-0.15, -0.1) is 0 Å². The van der Waals surface area contributed by atoms with Crippen molar-refractivity contribution in [1.29, 1.82) is 0 Å². The predicted octanol–water partition coefficient (Wildman–Crippen LogP) is 4.08. The number of hydrogen-bond acceptors (Lipinski definition) is 4. The van der Waals surface area contributed by atoms with Crippen LogP contribution >= 0.6 is 23.2 Å². The zero-order valence-electron chi connectivity index (χ0n) is 15.3. The second kappa shape index (κ2) is 8.21. The zero-order valence-corrected chi connectivity index (χ0v) is 16.8. The summed E-state index contributed by atoms with van der Waals surface area (Å²) in [6.07, 6.45) is 1.73. The van der Waals surface area contributed by atoms with Gasteiger partial charge in [-0.1, -0.05) is 35.3 Å². The first-order valence-corrected chi connectivity index (χ1v) is 9.71. The molecule has 0 spiro atoms. The van der Waals surface area contributed by atoms with E-state index in [2.05, 4.69) is 10.4 Å². The third-order valence-corrected chi connectivity index (χ3v) is 4.94. The summed E-state index contributed by atoms with van der Waals surface area (Å²) in [7, 11) is 0. The number of carbonyl (C=O) groups excluding carboxylic acids is 1. The fourth-order valence-electron chi connectivity index (χ4n) is 3.00. The number of nitrogens with two attached hydrogens (primary N) is 1. The molecule has 0 fully saturated rings. The molecule has 3 N–H and O–H groups in total. The number of benzene rings is 2. The zero-order chi connectivity index (χ0) is 20.4. The van der Waals surface area contributed by atoms with Crippen LogP contribution < -0.4 is 11.1 Å². The van der Waals surface area contributed by atoms with Crippen molar-refractivity contribution in [2.24, 2.45) is 5.73 Å². The van der Waals surface area contributed by atoms with E-state index in [0.29, 0.717) is 40.0 Å². The van der Waals surface area contributed by atoms with E-state index < -0.39 is 0 Å². The van der Waals surface area contributed by atoms with E-state index in [1.807, 2.05) is 24.3 Å². The Morgan fingerprint density at radius 3 is 2.76 bits per heavy atom. The van der Waals surface area contributed by atoms with E-state index in [-0.39, 0.29) is 5.91 Å². The molecule has 0 radical (unpaired) electrons. The van der Waals surface area contributed by atoms with Gasteiger partial charge in [0.1, 0.15) is 0 Å². The Morgan fingerprint density at radius 2 is 1.97 bits per heavy atom. The van der Waals surface area contributed by atoms with Crippen molar-refractivity contribution in [2.75, 3.05) is 13.1 Å². The molecule has 4 aromatic rings. The lowest BCUT2D eigenvalue weighted by Crippen LogP contribution is -2.28. The number of nitrogens with zero attached hydrogens (tertiary/aromatic N) is 3. The van der Waals surface area contributed by atoms with Crippen LogP contribution in [0.25, 0.3) is 28.0 Å². The normalized spacial score (nSPS) is 11.0. The number of halogens is 2. The summed E-state index contributed by atoms with van der Waals surface area (Å²) in [5.41, 5.74) is 8.88. The first-order valence-electron chi connectivity index (χ1n) is 8.96. The molecule has 2 aromatic heterocycles. The molecule has 6 nitrogen and oxygen atoms in total. The topological polar surface area (TPSA) is 85.8 Å². The van der Waals surface area contributed by atoms with Crippen LogP contribution in [0.15, 0.2) is 60.8 Å². The van der Waals surface area contributed by atoms with Crippen molar-refractivity contribution in [3.63, 3.8) is 0 Å². The third-order valence-electron chi connectivity index (χ3n) is 4.41. The lowest BCUT2D eigenvalue weighted by Gasteiger charge is -2.08. The van der Waals surface area contributed by atoms with Crippen LogP contribution in [-0.4, -0.2) is 33.8 Å². The number of rotatable bonds is 5. The summed E-state index contributed by atoms with van der Waals surface area (Å²) >= 11 is 12.4. The fourth-order valence-corrected chi connectivity index (χ4v) is 3.49. The minimum Gasteiger partial charge on any atom is -0.351 e. The molecule has 0 atom stereocenters. The van der Waals surface area contributed by atoms with E-state index >= 15 is 0 Å². The van der Waals surface area contributed by atoms with Crippen LogP contribution in [0.4, 0.5) is 0 Å². The molecule has 8 heteroatoms. The molecular formula is C21H17Cl2N5O. The summed E-state index contributed by atoms with van der Waals surface area (Å²) in [6.45, 7) is 0.815. The van der Waals surface area contributed by atoms with Gasteiger partial charge in [0.2, 0.25) is 0 Å². The van der Waals surface area contributed by atoms with Crippen LogP contribution in [-0.2, 0) is 0 Å². The number of carbonyl (C=O) groups is 1. The second-order valence-electron chi connectivity index (χ2n) is 6.39. The molecule has 4 rings (SSSR count). The van der Waals surface area contributed by atoms with E-state index in [1.54, 1.807) is 41.2 Å². The molecule has 0 saturated heterocycles. The van der Waals surface area contributed by atoms with Gasteiger partial charge in [0, 0.05) is 34.6 Å². The van der Waals surface area contributed by atoms with Gasteiger partial charge in [-0.25, -0.2) is 9.67 Å². The maximum Gasteiger partial charge on any atom is 0.251 e. The third kappa shape index (κ3) is 3.96. The van der Waals surface area contributed by atoms with Gasteiger partial charge in [-0.3, -0.25) is 4.79 Å². The lowest BCUT2D eigenvalue weighted by molar-refractivity contribution is 0.0955. The summed E-state index contributed by atoms with van der Waals surface area (Å²) in [5, 5.41) is 9.09. The number of nitrogens with one attached hydrogen (secondary N) is 1. The largest absolute Gasteiger partial charge is 0.351 e. The van der Waals surface area contributed by atoms with Crippen molar-refractivity contribution in [3.8, 4) is 16.9 Å². The molecule has 0 aliphatic rings. The van der Waals surface area contributed by atoms with Crippen molar-refractivity contribution in [2.45, 2.75) is 0 Å². The van der Waals surface area contributed by atoms with Gasteiger partial charge in [0.25, 0.3) is 5.91 Å². The minimum atomic E-state index is -0.170. The highest BCUT2D eigenvalue weighted by molar-refractivity contribution is 6.35. The van der Waals surface area contributed by atoms with Crippen LogP contribution in [0.2, 0.25) is 10.0 Å². The molecule has 0 bridgehead atoms. The number of amides is 1. The smallest absolute Gasteiger partial charge is 0.251 e. The number of hydrogen-bond donors (Lipinski definition) is 2. The molecule has 2 aromatic carbocycles. The highest BCUT2D eigenvalue weighted by atomic mass is 35.5.